The van der Waals surface area contributed by atoms with Gasteiger partial charge in [-0.3, -0.25) is 0 Å². The van der Waals surface area contributed by atoms with Crippen molar-refractivity contribution in [3.8, 4) is 0 Å². The van der Waals surface area contributed by atoms with Crippen LogP contribution in [0.2, 0.25) is 0 Å². The van der Waals surface area contributed by atoms with Gasteiger partial charge < -0.3 is 15.4 Å². The van der Waals surface area contributed by atoms with E-state index in [-0.39, 0.29) is 0 Å². The molecule has 0 unspecified atom stereocenters. The Morgan fingerprint density at radius 1 is 1.14 bits per heavy atom. The summed E-state index contributed by atoms with van der Waals surface area (Å²) in [5, 5.41) is 7.25. The van der Waals surface area contributed by atoms with Gasteiger partial charge in [0, 0.05) is 31.3 Å². The Morgan fingerprint density at radius 3 is 2.64 bits per heavy atom. The maximum atomic E-state index is 5.36. The van der Waals surface area contributed by atoms with Crippen LogP contribution in [-0.4, -0.2) is 37.9 Å². The molecular formula is C11H22N2O. The van der Waals surface area contributed by atoms with Crippen LogP contribution in [0.3, 0.4) is 0 Å². The standard InChI is InChI=1S/C11H22N2O/c1-9-8-11(2-5-12-9)13-10-3-6-14-7-4-10/h9-13H,2-8H2,1H3/t9-,11+/m1/s1. The zero-order valence-corrected chi connectivity index (χ0v) is 9.09. The normalized spacial score (nSPS) is 35.8. The van der Waals surface area contributed by atoms with E-state index < -0.39 is 0 Å². The monoisotopic (exact) mass is 198 g/mol. The van der Waals surface area contributed by atoms with E-state index in [2.05, 4.69) is 17.6 Å². The minimum Gasteiger partial charge on any atom is -0.381 e. The van der Waals surface area contributed by atoms with Gasteiger partial charge in [0.05, 0.1) is 0 Å². The molecule has 2 rings (SSSR count). The van der Waals surface area contributed by atoms with Gasteiger partial charge in [0.2, 0.25) is 0 Å². The van der Waals surface area contributed by atoms with E-state index >= 15 is 0 Å². The van der Waals surface area contributed by atoms with Crippen LogP contribution in [0.25, 0.3) is 0 Å². The number of piperidine rings is 1. The fourth-order valence-corrected chi connectivity index (χ4v) is 2.48. The highest BCUT2D eigenvalue weighted by Crippen LogP contribution is 2.13. The Bertz CT molecular complexity index is 169. The summed E-state index contributed by atoms with van der Waals surface area (Å²) in [5.74, 6) is 0. The molecule has 3 heteroatoms. The van der Waals surface area contributed by atoms with Gasteiger partial charge in [-0.25, -0.2) is 0 Å². The molecule has 0 spiro atoms. The molecule has 2 heterocycles. The van der Waals surface area contributed by atoms with Crippen molar-refractivity contribution in [3.05, 3.63) is 0 Å². The van der Waals surface area contributed by atoms with Crippen molar-refractivity contribution in [2.75, 3.05) is 19.8 Å². The summed E-state index contributed by atoms with van der Waals surface area (Å²) in [7, 11) is 0. The van der Waals surface area contributed by atoms with Crippen molar-refractivity contribution in [1.82, 2.24) is 10.6 Å². The molecule has 2 aliphatic heterocycles. The molecule has 3 nitrogen and oxygen atoms in total. The van der Waals surface area contributed by atoms with Crippen LogP contribution in [-0.2, 0) is 4.74 Å². The first kappa shape index (κ1) is 10.4. The van der Waals surface area contributed by atoms with Crippen molar-refractivity contribution in [2.24, 2.45) is 0 Å². The van der Waals surface area contributed by atoms with Crippen molar-refractivity contribution in [1.29, 1.82) is 0 Å². The van der Waals surface area contributed by atoms with Gasteiger partial charge >= 0.3 is 0 Å². The van der Waals surface area contributed by atoms with Crippen molar-refractivity contribution in [3.63, 3.8) is 0 Å². The molecule has 0 aromatic carbocycles. The SMILES string of the molecule is C[C@@H]1C[C@@H](NC2CCOCC2)CCN1. The largest absolute Gasteiger partial charge is 0.381 e. The average molecular weight is 198 g/mol. The Balaban J connectivity index is 1.72. The summed E-state index contributed by atoms with van der Waals surface area (Å²) in [4.78, 5) is 0. The maximum Gasteiger partial charge on any atom is 0.0480 e. The van der Waals surface area contributed by atoms with Gasteiger partial charge in [-0.2, -0.15) is 0 Å². The summed E-state index contributed by atoms with van der Waals surface area (Å²) in [6, 6.07) is 2.12. The quantitative estimate of drug-likeness (QED) is 0.691. The van der Waals surface area contributed by atoms with Crippen LogP contribution in [0.15, 0.2) is 0 Å². The molecule has 0 saturated carbocycles. The van der Waals surface area contributed by atoms with Crippen molar-refractivity contribution < 1.29 is 4.74 Å². The predicted molar refractivity (Wildman–Crippen MR) is 57.5 cm³/mol. The predicted octanol–water partition coefficient (Wildman–Crippen LogP) is 0.895. The van der Waals surface area contributed by atoms with E-state index in [4.69, 9.17) is 4.74 Å². The number of hydrogen-bond donors (Lipinski definition) is 2. The Labute approximate surface area is 86.6 Å². The molecule has 2 fully saturated rings. The summed E-state index contributed by atoms with van der Waals surface area (Å²) >= 11 is 0. The third kappa shape index (κ3) is 2.94. The molecule has 0 aromatic heterocycles. The van der Waals surface area contributed by atoms with E-state index in [1.165, 1.54) is 32.2 Å². The minimum absolute atomic E-state index is 0.682. The fourth-order valence-electron chi connectivity index (χ4n) is 2.48. The molecule has 2 saturated heterocycles. The van der Waals surface area contributed by atoms with Crippen molar-refractivity contribution in [2.45, 2.75) is 50.7 Å². The second-order valence-corrected chi connectivity index (χ2v) is 4.63. The highest BCUT2D eigenvalue weighted by atomic mass is 16.5. The van der Waals surface area contributed by atoms with Gasteiger partial charge in [0.15, 0.2) is 0 Å². The zero-order chi connectivity index (χ0) is 9.80. The second-order valence-electron chi connectivity index (χ2n) is 4.63. The summed E-state index contributed by atoms with van der Waals surface area (Å²) in [6.07, 6.45) is 4.94. The van der Waals surface area contributed by atoms with Crippen LogP contribution in [0.4, 0.5) is 0 Å². The lowest BCUT2D eigenvalue weighted by Gasteiger charge is -2.33. The zero-order valence-electron chi connectivity index (χ0n) is 9.09. The minimum atomic E-state index is 0.682. The third-order valence-corrected chi connectivity index (χ3v) is 3.32. The van der Waals surface area contributed by atoms with E-state index in [0.29, 0.717) is 12.1 Å². The van der Waals surface area contributed by atoms with Crippen LogP contribution in [0.1, 0.15) is 32.6 Å². The number of nitrogens with one attached hydrogen (secondary N) is 2. The Kier molecular flexibility index (Phi) is 3.79. The molecule has 0 aromatic rings. The first-order valence-corrected chi connectivity index (χ1v) is 5.92. The molecule has 2 aliphatic rings. The first-order chi connectivity index (χ1) is 6.84. The molecule has 0 radical (unpaired) electrons. The average Bonchev–Trinajstić information content (AvgIpc) is 2.19. The lowest BCUT2D eigenvalue weighted by molar-refractivity contribution is 0.0728. The lowest BCUT2D eigenvalue weighted by Crippen LogP contribution is -2.49. The smallest absolute Gasteiger partial charge is 0.0480 e. The van der Waals surface area contributed by atoms with E-state index in [0.717, 1.165) is 19.3 Å². The molecular weight excluding hydrogens is 176 g/mol. The Hall–Kier alpha value is -0.120. The molecule has 2 N–H and O–H groups in total. The molecule has 82 valence electrons. The van der Waals surface area contributed by atoms with Gasteiger partial charge in [0.25, 0.3) is 0 Å². The summed E-state index contributed by atoms with van der Waals surface area (Å²) < 4.78 is 5.36. The number of hydrogen-bond acceptors (Lipinski definition) is 3. The summed E-state index contributed by atoms with van der Waals surface area (Å²) in [5.41, 5.74) is 0. The third-order valence-electron chi connectivity index (χ3n) is 3.32. The van der Waals surface area contributed by atoms with Crippen molar-refractivity contribution >= 4 is 0 Å². The maximum absolute atomic E-state index is 5.36. The van der Waals surface area contributed by atoms with E-state index in [1.54, 1.807) is 0 Å². The van der Waals surface area contributed by atoms with Crippen LogP contribution >= 0.6 is 0 Å². The summed E-state index contributed by atoms with van der Waals surface area (Å²) in [6.45, 7) is 5.33. The van der Waals surface area contributed by atoms with Gasteiger partial charge in [-0.1, -0.05) is 0 Å². The lowest BCUT2D eigenvalue weighted by atomic mass is 9.98. The fraction of sp³-hybridized carbons (Fsp3) is 1.00. The molecule has 0 bridgehead atoms. The molecule has 2 atom stereocenters. The van der Waals surface area contributed by atoms with E-state index in [1.807, 2.05) is 0 Å². The topological polar surface area (TPSA) is 33.3 Å². The Morgan fingerprint density at radius 2 is 1.93 bits per heavy atom. The van der Waals surface area contributed by atoms with E-state index in [9.17, 15) is 0 Å². The highest BCUT2D eigenvalue weighted by molar-refractivity contribution is 4.83. The van der Waals surface area contributed by atoms with Crippen LogP contribution in [0, 0.1) is 0 Å². The molecule has 0 amide bonds. The van der Waals surface area contributed by atoms with Gasteiger partial charge in [-0.15, -0.1) is 0 Å². The van der Waals surface area contributed by atoms with Crippen LogP contribution in [0.5, 0.6) is 0 Å². The number of ether oxygens (including phenoxy) is 1. The van der Waals surface area contributed by atoms with Gasteiger partial charge in [0.1, 0.15) is 0 Å². The van der Waals surface area contributed by atoms with Crippen LogP contribution < -0.4 is 10.6 Å². The second kappa shape index (κ2) is 5.10. The molecule has 14 heavy (non-hydrogen) atoms. The number of rotatable bonds is 2. The van der Waals surface area contributed by atoms with Gasteiger partial charge in [-0.05, 0) is 39.2 Å². The highest BCUT2D eigenvalue weighted by Gasteiger charge is 2.22. The first-order valence-electron chi connectivity index (χ1n) is 5.92. The molecule has 0 aliphatic carbocycles.